The minimum atomic E-state index is -0.992. The molecule has 0 aliphatic rings. The molecule has 0 aliphatic carbocycles. The van der Waals surface area contributed by atoms with Gasteiger partial charge >= 0.3 is 12.0 Å². The summed E-state index contributed by atoms with van der Waals surface area (Å²) in [4.78, 5) is 32.6. The summed E-state index contributed by atoms with van der Waals surface area (Å²) in [6.07, 6.45) is 0.290. The number of carbonyl (C=O) groups is 3. The maximum Gasteiger partial charge on any atom is 0.312 e. The third-order valence-electron chi connectivity index (χ3n) is 1.98. The van der Waals surface area contributed by atoms with Crippen molar-refractivity contribution in [1.29, 1.82) is 0 Å². The molecular weight excluding hydrogens is 226 g/mol. The molecule has 1 atom stereocenters. The molecule has 0 fully saturated rings. The Labute approximate surface area is 99.7 Å². The van der Waals surface area contributed by atoms with Gasteiger partial charge in [0.05, 0.1) is 6.42 Å². The van der Waals surface area contributed by atoms with E-state index >= 15 is 0 Å². The molecule has 0 saturated carbocycles. The van der Waals surface area contributed by atoms with Crippen molar-refractivity contribution < 1.29 is 19.5 Å². The van der Waals surface area contributed by atoms with Gasteiger partial charge in [-0.1, -0.05) is 13.8 Å². The van der Waals surface area contributed by atoms with Gasteiger partial charge in [0.2, 0.25) is 5.91 Å². The van der Waals surface area contributed by atoms with Crippen molar-refractivity contribution in [1.82, 2.24) is 10.6 Å². The van der Waals surface area contributed by atoms with Gasteiger partial charge in [0.25, 0.3) is 0 Å². The van der Waals surface area contributed by atoms with E-state index in [2.05, 4.69) is 10.6 Å². The smallest absolute Gasteiger partial charge is 0.312 e. The summed E-state index contributed by atoms with van der Waals surface area (Å²) >= 11 is 0. The second-order valence-electron chi connectivity index (χ2n) is 4.13. The molecule has 0 aromatic carbocycles. The van der Waals surface area contributed by atoms with Gasteiger partial charge in [-0.05, 0) is 12.3 Å². The van der Waals surface area contributed by atoms with E-state index in [1.165, 1.54) is 0 Å². The minimum absolute atomic E-state index is 0.0310. The van der Waals surface area contributed by atoms with Crippen molar-refractivity contribution in [3.63, 3.8) is 0 Å². The van der Waals surface area contributed by atoms with Gasteiger partial charge in [0.1, 0.15) is 6.04 Å². The van der Waals surface area contributed by atoms with Crippen molar-refractivity contribution in [3.05, 3.63) is 0 Å². The van der Waals surface area contributed by atoms with Crippen molar-refractivity contribution in [2.45, 2.75) is 32.7 Å². The number of urea groups is 1. The monoisotopic (exact) mass is 245 g/mol. The van der Waals surface area contributed by atoms with Crippen LogP contribution < -0.4 is 16.4 Å². The highest BCUT2D eigenvalue weighted by molar-refractivity contribution is 5.86. The zero-order chi connectivity index (χ0) is 13.4. The highest BCUT2D eigenvalue weighted by Crippen LogP contribution is 2.04. The van der Waals surface area contributed by atoms with Crippen LogP contribution in [-0.4, -0.2) is 35.6 Å². The largest absolute Gasteiger partial charge is 0.481 e. The van der Waals surface area contributed by atoms with Crippen LogP contribution in [0.15, 0.2) is 0 Å². The van der Waals surface area contributed by atoms with E-state index < -0.39 is 23.9 Å². The van der Waals surface area contributed by atoms with Gasteiger partial charge in [-0.25, -0.2) is 4.79 Å². The minimum Gasteiger partial charge on any atom is -0.481 e. The van der Waals surface area contributed by atoms with Crippen LogP contribution in [0.5, 0.6) is 0 Å². The third-order valence-corrected chi connectivity index (χ3v) is 1.98. The van der Waals surface area contributed by atoms with Gasteiger partial charge in [0.15, 0.2) is 0 Å². The topological polar surface area (TPSA) is 122 Å². The van der Waals surface area contributed by atoms with E-state index in [4.69, 9.17) is 10.8 Å². The summed E-state index contributed by atoms with van der Waals surface area (Å²) in [5, 5.41) is 13.2. The number of primary amides is 1. The maximum atomic E-state index is 11.6. The first-order valence-corrected chi connectivity index (χ1v) is 5.38. The Kier molecular flexibility index (Phi) is 6.69. The second-order valence-corrected chi connectivity index (χ2v) is 4.13. The summed E-state index contributed by atoms with van der Waals surface area (Å²) in [5.74, 6) is -1.20. The van der Waals surface area contributed by atoms with Crippen LogP contribution in [0.4, 0.5) is 4.79 Å². The average Bonchev–Trinajstić information content (AvgIpc) is 2.14. The molecule has 1 unspecified atom stereocenters. The Morgan fingerprint density at radius 3 is 2.29 bits per heavy atom. The van der Waals surface area contributed by atoms with Crippen LogP contribution in [0.3, 0.4) is 0 Å². The number of amides is 3. The fourth-order valence-corrected chi connectivity index (χ4v) is 1.29. The number of nitrogens with two attached hydrogens (primary N) is 1. The Balaban J connectivity index is 4.21. The van der Waals surface area contributed by atoms with E-state index in [9.17, 15) is 14.4 Å². The molecule has 98 valence electrons. The highest BCUT2D eigenvalue weighted by atomic mass is 16.4. The molecule has 0 aromatic heterocycles. The molecule has 7 nitrogen and oxygen atoms in total. The molecule has 0 spiro atoms. The number of carboxylic acid groups (broad SMARTS) is 1. The van der Waals surface area contributed by atoms with Crippen molar-refractivity contribution >= 4 is 17.9 Å². The molecule has 0 aliphatic heterocycles. The van der Waals surface area contributed by atoms with Gasteiger partial charge < -0.3 is 21.5 Å². The quantitative estimate of drug-likeness (QED) is 0.490. The van der Waals surface area contributed by atoms with Gasteiger partial charge in [0, 0.05) is 6.54 Å². The van der Waals surface area contributed by atoms with Crippen LogP contribution >= 0.6 is 0 Å². The number of rotatable bonds is 7. The number of nitrogens with one attached hydrogen (secondary N) is 2. The van der Waals surface area contributed by atoms with Crippen molar-refractivity contribution in [2.75, 3.05) is 6.54 Å². The number of aliphatic carboxylic acids is 1. The van der Waals surface area contributed by atoms with Crippen LogP contribution in [0.1, 0.15) is 26.7 Å². The number of carbonyl (C=O) groups excluding carboxylic acids is 2. The van der Waals surface area contributed by atoms with Gasteiger partial charge in [-0.15, -0.1) is 0 Å². The maximum absolute atomic E-state index is 11.6. The molecule has 0 aromatic rings. The van der Waals surface area contributed by atoms with Crippen LogP contribution in [-0.2, 0) is 9.59 Å². The molecule has 3 amide bonds. The molecule has 0 saturated heterocycles. The first kappa shape index (κ1) is 15.2. The summed E-state index contributed by atoms with van der Waals surface area (Å²) in [5.41, 5.74) is 4.96. The molecule has 0 heterocycles. The lowest BCUT2D eigenvalue weighted by Gasteiger charge is -2.18. The Hall–Kier alpha value is -1.79. The standard InChI is InChI=1S/C10H19N3O4/c1-6(2)5-7(13-10(11)17)9(16)12-4-3-8(14)15/h6-7H,3-5H2,1-2H3,(H,12,16)(H,14,15)(H3,11,13,17). The molecule has 7 heteroatoms. The van der Waals surface area contributed by atoms with Crippen LogP contribution in [0.2, 0.25) is 0 Å². The summed E-state index contributed by atoms with van der Waals surface area (Å²) in [7, 11) is 0. The molecule has 17 heavy (non-hydrogen) atoms. The zero-order valence-corrected chi connectivity index (χ0v) is 10.0. The summed E-state index contributed by atoms with van der Waals surface area (Å²) in [6, 6.07) is -1.50. The SMILES string of the molecule is CC(C)CC(NC(N)=O)C(=O)NCCC(=O)O. The number of hydrogen-bond acceptors (Lipinski definition) is 3. The van der Waals surface area contributed by atoms with E-state index in [-0.39, 0.29) is 18.9 Å². The van der Waals surface area contributed by atoms with E-state index in [0.717, 1.165) is 0 Å². The highest BCUT2D eigenvalue weighted by Gasteiger charge is 2.20. The number of hydrogen-bond donors (Lipinski definition) is 4. The lowest BCUT2D eigenvalue weighted by molar-refractivity contribution is -0.137. The lowest BCUT2D eigenvalue weighted by Crippen LogP contribution is -2.49. The molecule has 5 N–H and O–H groups in total. The Bertz CT molecular complexity index is 291. The molecular formula is C10H19N3O4. The van der Waals surface area contributed by atoms with Crippen molar-refractivity contribution in [3.8, 4) is 0 Å². The normalized spacial score (nSPS) is 11.9. The van der Waals surface area contributed by atoms with Gasteiger partial charge in [-0.2, -0.15) is 0 Å². The predicted octanol–water partition coefficient (Wildman–Crippen LogP) is -0.340. The van der Waals surface area contributed by atoms with E-state index in [1.807, 2.05) is 13.8 Å². The molecule has 0 bridgehead atoms. The van der Waals surface area contributed by atoms with Crippen LogP contribution in [0.25, 0.3) is 0 Å². The van der Waals surface area contributed by atoms with Gasteiger partial charge in [-0.3, -0.25) is 9.59 Å². The predicted molar refractivity (Wildman–Crippen MR) is 61.2 cm³/mol. The average molecular weight is 245 g/mol. The summed E-state index contributed by atoms with van der Waals surface area (Å²) in [6.45, 7) is 3.84. The lowest BCUT2D eigenvalue weighted by atomic mass is 10.0. The molecule has 0 radical (unpaired) electrons. The first-order valence-electron chi connectivity index (χ1n) is 5.38. The molecule has 0 rings (SSSR count). The first-order chi connectivity index (χ1) is 7.82. The third kappa shape index (κ3) is 8.06. The second kappa shape index (κ2) is 7.48. The van der Waals surface area contributed by atoms with Crippen molar-refractivity contribution in [2.24, 2.45) is 11.7 Å². The Morgan fingerprint density at radius 2 is 1.88 bits per heavy atom. The van der Waals surface area contributed by atoms with E-state index in [0.29, 0.717) is 6.42 Å². The fourth-order valence-electron chi connectivity index (χ4n) is 1.29. The Morgan fingerprint density at radius 1 is 1.29 bits per heavy atom. The van der Waals surface area contributed by atoms with Crippen LogP contribution in [0, 0.1) is 5.92 Å². The fraction of sp³-hybridized carbons (Fsp3) is 0.700. The van der Waals surface area contributed by atoms with E-state index in [1.54, 1.807) is 0 Å². The number of carboxylic acids is 1. The summed E-state index contributed by atoms with van der Waals surface area (Å²) < 4.78 is 0. The zero-order valence-electron chi connectivity index (χ0n) is 10.0.